The summed E-state index contributed by atoms with van der Waals surface area (Å²) in [5.74, 6) is 0. The molecule has 1 heterocycles. The summed E-state index contributed by atoms with van der Waals surface area (Å²) in [5.41, 5.74) is 1.28. The fourth-order valence-corrected chi connectivity index (χ4v) is 3.00. The van der Waals surface area contributed by atoms with Gasteiger partial charge in [-0.1, -0.05) is 23.7 Å². The largest absolute Gasteiger partial charge is 0.396 e. The van der Waals surface area contributed by atoms with E-state index in [1.807, 2.05) is 18.2 Å². The Bertz CT molecular complexity index is 408. The molecule has 1 saturated heterocycles. The van der Waals surface area contributed by atoms with Gasteiger partial charge in [0.2, 0.25) is 0 Å². The van der Waals surface area contributed by atoms with Crippen LogP contribution < -0.4 is 0 Å². The van der Waals surface area contributed by atoms with Crippen molar-refractivity contribution in [2.45, 2.75) is 18.3 Å². The Kier molecular flexibility index (Phi) is 2.29. The van der Waals surface area contributed by atoms with E-state index in [0.717, 1.165) is 17.9 Å². The lowest BCUT2D eigenvalue weighted by molar-refractivity contribution is -0.110. The maximum absolute atomic E-state index is 9.60. The zero-order valence-corrected chi connectivity index (χ0v) is 9.83. The van der Waals surface area contributed by atoms with Gasteiger partial charge in [-0.2, -0.15) is 0 Å². The molecule has 2 aliphatic rings. The van der Waals surface area contributed by atoms with Gasteiger partial charge >= 0.3 is 0 Å². The lowest BCUT2D eigenvalue weighted by Gasteiger charge is -2.48. The zero-order valence-electron chi connectivity index (χ0n) is 9.08. The number of halogens is 1. The summed E-state index contributed by atoms with van der Waals surface area (Å²) in [7, 11) is 0. The van der Waals surface area contributed by atoms with Crippen LogP contribution in [0, 0.1) is 5.41 Å². The average Bonchev–Trinajstić information content (AvgIpc) is 2.98. The van der Waals surface area contributed by atoms with Crippen molar-refractivity contribution in [3.63, 3.8) is 0 Å². The molecular weight excluding hydrogens is 224 g/mol. The number of aliphatic hydroxyl groups is 1. The summed E-state index contributed by atoms with van der Waals surface area (Å²) in [6.45, 7) is 1.69. The molecule has 0 bridgehead atoms. The van der Waals surface area contributed by atoms with Gasteiger partial charge in [0.1, 0.15) is 0 Å². The van der Waals surface area contributed by atoms with Crippen LogP contribution in [0.25, 0.3) is 0 Å². The van der Waals surface area contributed by atoms with Gasteiger partial charge in [-0.25, -0.2) is 0 Å². The monoisotopic (exact) mass is 238 g/mol. The number of aliphatic hydroxyl groups excluding tert-OH is 1. The van der Waals surface area contributed by atoms with Crippen molar-refractivity contribution in [2.75, 3.05) is 19.8 Å². The second-order valence-corrected chi connectivity index (χ2v) is 5.46. The van der Waals surface area contributed by atoms with Crippen molar-refractivity contribution in [3.05, 3.63) is 34.9 Å². The highest BCUT2D eigenvalue weighted by atomic mass is 35.5. The molecule has 3 rings (SSSR count). The Balaban J connectivity index is 2.02. The quantitative estimate of drug-likeness (QED) is 0.876. The fourth-order valence-electron chi connectivity index (χ4n) is 2.81. The normalized spacial score (nSPS) is 24.9. The third-order valence-corrected chi connectivity index (χ3v) is 4.48. The van der Waals surface area contributed by atoms with Crippen molar-refractivity contribution in [1.82, 2.24) is 0 Å². The topological polar surface area (TPSA) is 29.5 Å². The van der Waals surface area contributed by atoms with Crippen LogP contribution in [0.1, 0.15) is 18.4 Å². The predicted octanol–water partition coefficient (Wildman–Crippen LogP) is 2.38. The van der Waals surface area contributed by atoms with E-state index in [0.29, 0.717) is 13.2 Å². The Morgan fingerprint density at radius 1 is 1.31 bits per heavy atom. The molecule has 1 N–H and O–H groups in total. The highest BCUT2D eigenvalue weighted by Crippen LogP contribution is 2.62. The maximum Gasteiger partial charge on any atom is 0.0591 e. The van der Waals surface area contributed by atoms with Crippen LogP contribution in [0.4, 0.5) is 0 Å². The zero-order chi connectivity index (χ0) is 11.2. The summed E-state index contributed by atoms with van der Waals surface area (Å²) >= 11 is 6.04. The van der Waals surface area contributed by atoms with E-state index in [1.165, 1.54) is 5.56 Å². The molecule has 0 unspecified atom stereocenters. The van der Waals surface area contributed by atoms with E-state index < -0.39 is 0 Å². The number of hydrogen-bond acceptors (Lipinski definition) is 2. The van der Waals surface area contributed by atoms with Crippen LogP contribution >= 0.6 is 11.6 Å². The minimum atomic E-state index is 0.00660. The average molecular weight is 239 g/mol. The lowest BCUT2D eigenvalue weighted by atomic mass is 9.66. The number of benzene rings is 1. The van der Waals surface area contributed by atoms with Crippen LogP contribution in [0.15, 0.2) is 24.3 Å². The van der Waals surface area contributed by atoms with Gasteiger partial charge in [0.25, 0.3) is 0 Å². The summed E-state index contributed by atoms with van der Waals surface area (Å²) in [6, 6.07) is 7.98. The Morgan fingerprint density at radius 3 is 2.50 bits per heavy atom. The molecule has 0 radical (unpaired) electrons. The summed E-state index contributed by atoms with van der Waals surface area (Å²) < 4.78 is 5.41. The third-order valence-electron chi connectivity index (χ3n) is 4.25. The first-order chi connectivity index (χ1) is 7.72. The molecule has 0 amide bonds. The summed E-state index contributed by atoms with van der Waals surface area (Å²) in [6.07, 6.45) is 2.19. The van der Waals surface area contributed by atoms with Gasteiger partial charge in [-0.05, 0) is 30.5 Å². The SMILES string of the molecule is OCC1(C2(c3cccc(Cl)c3)COC2)CC1. The molecule has 2 fully saturated rings. The van der Waals surface area contributed by atoms with E-state index in [2.05, 4.69) is 6.07 Å². The molecule has 0 atom stereocenters. The van der Waals surface area contributed by atoms with Crippen LogP contribution in [-0.2, 0) is 10.2 Å². The van der Waals surface area contributed by atoms with Gasteiger partial charge in [-0.15, -0.1) is 0 Å². The maximum atomic E-state index is 9.60. The Hall–Kier alpha value is -0.570. The highest BCUT2D eigenvalue weighted by molar-refractivity contribution is 6.30. The second-order valence-electron chi connectivity index (χ2n) is 5.02. The van der Waals surface area contributed by atoms with Gasteiger partial charge in [0, 0.05) is 22.5 Å². The van der Waals surface area contributed by atoms with Gasteiger partial charge in [0.05, 0.1) is 13.2 Å². The van der Waals surface area contributed by atoms with Crippen molar-refractivity contribution >= 4 is 11.6 Å². The lowest BCUT2D eigenvalue weighted by Crippen LogP contribution is -2.54. The summed E-state index contributed by atoms with van der Waals surface area (Å²) in [5, 5.41) is 10.4. The Labute approximate surface area is 100 Å². The first-order valence-corrected chi connectivity index (χ1v) is 6.05. The predicted molar refractivity (Wildman–Crippen MR) is 62.7 cm³/mol. The minimum Gasteiger partial charge on any atom is -0.396 e. The van der Waals surface area contributed by atoms with E-state index in [9.17, 15) is 5.11 Å². The molecule has 1 saturated carbocycles. The first kappa shape index (κ1) is 10.6. The van der Waals surface area contributed by atoms with Crippen LogP contribution in [0.5, 0.6) is 0 Å². The molecule has 86 valence electrons. The Morgan fingerprint density at radius 2 is 2.06 bits per heavy atom. The number of rotatable bonds is 3. The van der Waals surface area contributed by atoms with Gasteiger partial charge in [0.15, 0.2) is 0 Å². The van der Waals surface area contributed by atoms with Crippen molar-refractivity contribution in [2.24, 2.45) is 5.41 Å². The molecule has 1 aromatic rings. The van der Waals surface area contributed by atoms with E-state index in [4.69, 9.17) is 16.3 Å². The second kappa shape index (κ2) is 3.46. The molecule has 0 aromatic heterocycles. The molecule has 1 aliphatic carbocycles. The summed E-state index contributed by atoms with van der Waals surface area (Å²) in [4.78, 5) is 0. The fraction of sp³-hybridized carbons (Fsp3) is 0.538. The van der Waals surface area contributed by atoms with E-state index >= 15 is 0 Å². The van der Waals surface area contributed by atoms with Gasteiger partial charge in [-0.3, -0.25) is 0 Å². The molecule has 0 spiro atoms. The molecule has 1 aromatic carbocycles. The third kappa shape index (κ3) is 1.27. The first-order valence-electron chi connectivity index (χ1n) is 5.67. The van der Waals surface area contributed by atoms with E-state index in [-0.39, 0.29) is 17.4 Å². The molecule has 3 heteroatoms. The molecule has 2 nitrogen and oxygen atoms in total. The standard InChI is InChI=1S/C13H15ClO2/c14-11-3-1-2-10(6-11)13(8-16-9-13)12(7-15)4-5-12/h1-3,6,15H,4-5,7-9H2. The van der Waals surface area contributed by atoms with Crippen molar-refractivity contribution in [3.8, 4) is 0 Å². The number of hydrogen-bond donors (Lipinski definition) is 1. The van der Waals surface area contributed by atoms with Crippen LogP contribution in [0.3, 0.4) is 0 Å². The molecule has 16 heavy (non-hydrogen) atoms. The van der Waals surface area contributed by atoms with Crippen molar-refractivity contribution < 1.29 is 9.84 Å². The smallest absolute Gasteiger partial charge is 0.0591 e. The number of ether oxygens (including phenoxy) is 1. The van der Waals surface area contributed by atoms with Crippen LogP contribution in [-0.4, -0.2) is 24.9 Å². The van der Waals surface area contributed by atoms with Gasteiger partial charge < -0.3 is 9.84 Å². The minimum absolute atomic E-state index is 0.00660. The highest BCUT2D eigenvalue weighted by Gasteiger charge is 2.63. The van der Waals surface area contributed by atoms with Crippen LogP contribution in [0.2, 0.25) is 5.02 Å². The molecular formula is C13H15ClO2. The van der Waals surface area contributed by atoms with E-state index in [1.54, 1.807) is 0 Å². The van der Waals surface area contributed by atoms with Crippen molar-refractivity contribution in [1.29, 1.82) is 0 Å². The molecule has 1 aliphatic heterocycles.